The van der Waals surface area contributed by atoms with Crippen molar-refractivity contribution < 1.29 is 9.53 Å². The largest absolute Gasteiger partial charge is 0.443 e. The molecule has 104 valence electrons. The highest BCUT2D eigenvalue weighted by atomic mass is 16.6. The summed E-state index contributed by atoms with van der Waals surface area (Å²) in [7, 11) is 0. The normalized spacial score (nSPS) is 18.8. The van der Waals surface area contributed by atoms with Gasteiger partial charge in [0.15, 0.2) is 0 Å². The Morgan fingerprint density at radius 2 is 1.95 bits per heavy atom. The highest BCUT2D eigenvalue weighted by Gasteiger charge is 2.29. The number of rotatable bonds is 4. The van der Waals surface area contributed by atoms with Gasteiger partial charge in [-0.2, -0.15) is 0 Å². The molecule has 0 spiro atoms. The van der Waals surface area contributed by atoms with Crippen LogP contribution in [0.2, 0.25) is 0 Å². The Hall–Kier alpha value is -1.55. The minimum absolute atomic E-state index is 0.146. The molecule has 0 radical (unpaired) electrons. The molecule has 4 nitrogen and oxygen atoms in total. The van der Waals surface area contributed by atoms with Crippen LogP contribution in [0.3, 0.4) is 0 Å². The van der Waals surface area contributed by atoms with Crippen molar-refractivity contribution in [1.29, 1.82) is 0 Å². The Balaban J connectivity index is 2.02. The number of hydrogen-bond acceptors (Lipinski definition) is 3. The summed E-state index contributed by atoms with van der Waals surface area (Å²) in [4.78, 5) is 13.4. The number of hydrogen-bond donors (Lipinski definition) is 1. The van der Waals surface area contributed by atoms with Crippen molar-refractivity contribution in [1.82, 2.24) is 4.90 Å². The van der Waals surface area contributed by atoms with E-state index in [1.165, 1.54) is 22.3 Å². The first-order valence-electron chi connectivity index (χ1n) is 6.73. The molecule has 1 aromatic rings. The number of cyclic esters (lactones) is 1. The van der Waals surface area contributed by atoms with Gasteiger partial charge in [0.25, 0.3) is 0 Å². The summed E-state index contributed by atoms with van der Waals surface area (Å²) in [5, 5.41) is 0. The minimum Gasteiger partial charge on any atom is -0.443 e. The molecule has 2 N–H and O–H groups in total. The fourth-order valence-electron chi connectivity index (χ4n) is 2.73. The van der Waals surface area contributed by atoms with E-state index in [2.05, 4.69) is 32.9 Å². The van der Waals surface area contributed by atoms with Gasteiger partial charge < -0.3 is 15.4 Å². The first-order valence-corrected chi connectivity index (χ1v) is 6.73. The van der Waals surface area contributed by atoms with Crippen molar-refractivity contribution in [2.45, 2.75) is 33.3 Å². The molecular weight excluding hydrogens is 240 g/mol. The molecule has 0 aromatic heterocycles. The smallest absolute Gasteiger partial charge is 0.410 e. The van der Waals surface area contributed by atoms with Crippen molar-refractivity contribution in [2.75, 3.05) is 19.6 Å². The van der Waals surface area contributed by atoms with E-state index in [1.807, 2.05) is 0 Å². The highest BCUT2D eigenvalue weighted by Crippen LogP contribution is 2.18. The van der Waals surface area contributed by atoms with E-state index in [9.17, 15) is 4.79 Å². The maximum atomic E-state index is 11.6. The van der Waals surface area contributed by atoms with Crippen molar-refractivity contribution >= 4 is 6.09 Å². The maximum Gasteiger partial charge on any atom is 0.410 e. The molecule has 0 bridgehead atoms. The zero-order valence-corrected chi connectivity index (χ0v) is 11.9. The predicted molar refractivity (Wildman–Crippen MR) is 75.3 cm³/mol. The second-order valence-electron chi connectivity index (χ2n) is 5.31. The molecule has 1 amide bonds. The Morgan fingerprint density at radius 3 is 2.47 bits per heavy atom. The van der Waals surface area contributed by atoms with Crippen LogP contribution in [-0.4, -0.2) is 36.7 Å². The molecule has 4 heteroatoms. The summed E-state index contributed by atoms with van der Waals surface area (Å²) in [5.74, 6) is 0. The molecule has 2 rings (SSSR count). The van der Waals surface area contributed by atoms with E-state index in [4.69, 9.17) is 10.5 Å². The molecule has 19 heavy (non-hydrogen) atoms. The Bertz CT molecular complexity index is 462. The monoisotopic (exact) mass is 262 g/mol. The average molecular weight is 262 g/mol. The number of aryl methyl sites for hydroxylation is 3. The molecule has 0 aliphatic carbocycles. The summed E-state index contributed by atoms with van der Waals surface area (Å²) in [6.45, 7) is 8.05. The third-order valence-corrected chi connectivity index (χ3v) is 3.68. The van der Waals surface area contributed by atoms with Gasteiger partial charge in [-0.15, -0.1) is 0 Å². The topological polar surface area (TPSA) is 55.6 Å². The number of nitrogens with two attached hydrogens (primary N) is 1. The third-order valence-electron chi connectivity index (χ3n) is 3.68. The van der Waals surface area contributed by atoms with Gasteiger partial charge in [-0.3, -0.25) is 0 Å². The van der Waals surface area contributed by atoms with E-state index in [0.29, 0.717) is 19.6 Å². The van der Waals surface area contributed by atoms with E-state index in [1.54, 1.807) is 4.90 Å². The maximum absolute atomic E-state index is 11.6. The van der Waals surface area contributed by atoms with Crippen molar-refractivity contribution in [3.05, 3.63) is 34.4 Å². The summed E-state index contributed by atoms with van der Waals surface area (Å²) < 4.78 is 5.15. The Labute approximate surface area is 114 Å². The second-order valence-corrected chi connectivity index (χ2v) is 5.31. The molecule has 1 aliphatic rings. The van der Waals surface area contributed by atoms with Gasteiger partial charge in [0, 0.05) is 13.1 Å². The zero-order valence-electron chi connectivity index (χ0n) is 11.9. The van der Waals surface area contributed by atoms with E-state index in [0.717, 1.165) is 6.42 Å². The SMILES string of the molecule is Cc1cc(C)c(CCN2CC(CN)OC2=O)c(C)c1. The predicted octanol–water partition coefficient (Wildman–Crippen LogP) is 1.93. The van der Waals surface area contributed by atoms with Crippen molar-refractivity contribution in [3.8, 4) is 0 Å². The quantitative estimate of drug-likeness (QED) is 0.902. The lowest BCUT2D eigenvalue weighted by Gasteiger charge is -2.16. The van der Waals surface area contributed by atoms with Crippen LogP contribution in [0, 0.1) is 20.8 Å². The summed E-state index contributed by atoms with van der Waals surface area (Å²) >= 11 is 0. The van der Waals surface area contributed by atoms with Gasteiger partial charge in [0.2, 0.25) is 0 Å². The van der Waals surface area contributed by atoms with Crippen LogP contribution in [0.15, 0.2) is 12.1 Å². The molecule has 0 saturated carbocycles. The molecule has 1 unspecified atom stereocenters. The van der Waals surface area contributed by atoms with Crippen LogP contribution in [0.25, 0.3) is 0 Å². The summed E-state index contributed by atoms with van der Waals surface area (Å²) in [6.07, 6.45) is 0.482. The molecular formula is C15H22N2O2. The number of carbonyl (C=O) groups is 1. The van der Waals surface area contributed by atoms with Gasteiger partial charge >= 0.3 is 6.09 Å². The second kappa shape index (κ2) is 5.61. The van der Waals surface area contributed by atoms with E-state index in [-0.39, 0.29) is 12.2 Å². The van der Waals surface area contributed by atoms with Crippen molar-refractivity contribution in [2.24, 2.45) is 5.73 Å². The Morgan fingerprint density at radius 1 is 1.32 bits per heavy atom. The molecule has 1 heterocycles. The van der Waals surface area contributed by atoms with Gasteiger partial charge in [-0.1, -0.05) is 17.7 Å². The highest BCUT2D eigenvalue weighted by molar-refractivity contribution is 5.70. The number of amides is 1. The van der Waals surface area contributed by atoms with Crippen LogP contribution < -0.4 is 5.73 Å². The van der Waals surface area contributed by atoms with Crippen LogP contribution in [0.1, 0.15) is 22.3 Å². The lowest BCUT2D eigenvalue weighted by atomic mass is 9.97. The minimum atomic E-state index is -0.238. The zero-order chi connectivity index (χ0) is 14.0. The standard InChI is InChI=1S/C15H22N2O2/c1-10-6-11(2)14(12(3)7-10)4-5-17-9-13(8-16)19-15(17)18/h6-7,13H,4-5,8-9,16H2,1-3H3. The average Bonchev–Trinajstić information content (AvgIpc) is 2.69. The summed E-state index contributed by atoms with van der Waals surface area (Å²) in [5.41, 5.74) is 10.7. The van der Waals surface area contributed by atoms with Crippen molar-refractivity contribution in [3.63, 3.8) is 0 Å². The number of carbonyl (C=O) groups excluding carboxylic acids is 1. The number of ether oxygens (including phenoxy) is 1. The third kappa shape index (κ3) is 3.07. The molecule has 1 fully saturated rings. The first-order chi connectivity index (χ1) is 9.01. The lowest BCUT2D eigenvalue weighted by molar-refractivity contribution is 0.135. The molecule has 1 aromatic carbocycles. The van der Waals surface area contributed by atoms with E-state index < -0.39 is 0 Å². The fraction of sp³-hybridized carbons (Fsp3) is 0.533. The number of benzene rings is 1. The fourth-order valence-corrected chi connectivity index (χ4v) is 2.73. The number of nitrogens with zero attached hydrogens (tertiary/aromatic N) is 1. The molecule has 1 atom stereocenters. The van der Waals surface area contributed by atoms with Crippen LogP contribution >= 0.6 is 0 Å². The summed E-state index contributed by atoms with van der Waals surface area (Å²) in [6, 6.07) is 4.38. The first kappa shape index (κ1) is 13.9. The van der Waals surface area contributed by atoms with Crippen LogP contribution in [0.4, 0.5) is 4.79 Å². The molecule has 1 saturated heterocycles. The van der Waals surface area contributed by atoms with Gasteiger partial charge in [0.05, 0.1) is 6.54 Å². The van der Waals surface area contributed by atoms with Gasteiger partial charge in [-0.25, -0.2) is 4.79 Å². The van der Waals surface area contributed by atoms with Crippen LogP contribution in [-0.2, 0) is 11.2 Å². The van der Waals surface area contributed by atoms with Gasteiger partial charge in [-0.05, 0) is 43.9 Å². The Kier molecular flexibility index (Phi) is 4.10. The van der Waals surface area contributed by atoms with E-state index >= 15 is 0 Å². The van der Waals surface area contributed by atoms with Crippen LogP contribution in [0.5, 0.6) is 0 Å². The lowest BCUT2D eigenvalue weighted by Crippen LogP contribution is -2.29. The van der Waals surface area contributed by atoms with Gasteiger partial charge in [0.1, 0.15) is 6.10 Å². The molecule has 1 aliphatic heterocycles.